The standard InChI is InChI=1S/C18H24N2O/c1-18(2,3)15-6-4-5-7-16(15)20-17(21)14-10-8-13(12-19)9-11-14/h8-11,15-16H,4-7H2,1-3H3,(H,20,21). The molecule has 0 radical (unpaired) electrons. The second kappa shape index (κ2) is 6.30. The van der Waals surface area contributed by atoms with E-state index in [4.69, 9.17) is 5.26 Å². The van der Waals surface area contributed by atoms with E-state index in [0.717, 1.165) is 6.42 Å². The zero-order chi connectivity index (χ0) is 15.5. The monoisotopic (exact) mass is 284 g/mol. The summed E-state index contributed by atoms with van der Waals surface area (Å²) in [6.45, 7) is 6.76. The minimum atomic E-state index is -0.0272. The van der Waals surface area contributed by atoms with Crippen LogP contribution in [-0.2, 0) is 0 Å². The summed E-state index contributed by atoms with van der Waals surface area (Å²) >= 11 is 0. The van der Waals surface area contributed by atoms with Crippen molar-refractivity contribution in [2.75, 3.05) is 0 Å². The number of nitrogens with one attached hydrogen (secondary N) is 1. The summed E-state index contributed by atoms with van der Waals surface area (Å²) in [6, 6.07) is 9.15. The largest absolute Gasteiger partial charge is 0.349 e. The van der Waals surface area contributed by atoms with Gasteiger partial charge in [-0.1, -0.05) is 33.6 Å². The van der Waals surface area contributed by atoms with Crippen LogP contribution in [0.5, 0.6) is 0 Å². The van der Waals surface area contributed by atoms with Crippen LogP contribution in [0.2, 0.25) is 0 Å². The molecule has 1 aliphatic rings. The molecule has 2 rings (SSSR count). The van der Waals surface area contributed by atoms with Crippen LogP contribution in [0.1, 0.15) is 62.4 Å². The molecule has 3 nitrogen and oxygen atoms in total. The predicted molar refractivity (Wildman–Crippen MR) is 83.8 cm³/mol. The lowest BCUT2D eigenvalue weighted by Gasteiger charge is -2.40. The van der Waals surface area contributed by atoms with Crippen LogP contribution < -0.4 is 5.32 Å². The third-order valence-electron chi connectivity index (χ3n) is 4.47. The van der Waals surface area contributed by atoms with Crippen molar-refractivity contribution in [2.45, 2.75) is 52.5 Å². The molecule has 0 aliphatic heterocycles. The fourth-order valence-electron chi connectivity index (χ4n) is 3.29. The average molecular weight is 284 g/mol. The van der Waals surface area contributed by atoms with Crippen LogP contribution in [0.3, 0.4) is 0 Å². The van der Waals surface area contributed by atoms with Gasteiger partial charge in [-0.2, -0.15) is 5.26 Å². The van der Waals surface area contributed by atoms with Gasteiger partial charge in [0.15, 0.2) is 0 Å². The number of carbonyl (C=O) groups is 1. The number of amides is 1. The molecule has 0 saturated heterocycles. The molecule has 0 aromatic heterocycles. The van der Waals surface area contributed by atoms with Crippen molar-refractivity contribution in [1.29, 1.82) is 5.26 Å². The number of hydrogen-bond donors (Lipinski definition) is 1. The Morgan fingerprint density at radius 1 is 1.19 bits per heavy atom. The molecule has 1 fully saturated rings. The van der Waals surface area contributed by atoms with E-state index in [-0.39, 0.29) is 17.4 Å². The Balaban J connectivity index is 2.08. The lowest BCUT2D eigenvalue weighted by atomic mass is 9.69. The van der Waals surface area contributed by atoms with Gasteiger partial charge in [0, 0.05) is 11.6 Å². The minimum Gasteiger partial charge on any atom is -0.349 e. The van der Waals surface area contributed by atoms with Gasteiger partial charge in [-0.3, -0.25) is 4.79 Å². The van der Waals surface area contributed by atoms with E-state index in [2.05, 4.69) is 32.2 Å². The average Bonchev–Trinajstić information content (AvgIpc) is 2.47. The van der Waals surface area contributed by atoms with Crippen LogP contribution >= 0.6 is 0 Å². The Morgan fingerprint density at radius 3 is 2.38 bits per heavy atom. The lowest BCUT2D eigenvalue weighted by molar-refractivity contribution is 0.0830. The molecule has 2 atom stereocenters. The zero-order valence-corrected chi connectivity index (χ0v) is 13.1. The minimum absolute atomic E-state index is 0.0272. The maximum absolute atomic E-state index is 12.4. The Labute approximate surface area is 127 Å². The molecule has 21 heavy (non-hydrogen) atoms. The molecule has 1 amide bonds. The van der Waals surface area contributed by atoms with Crippen molar-refractivity contribution >= 4 is 5.91 Å². The Kier molecular flexibility index (Phi) is 4.67. The summed E-state index contributed by atoms with van der Waals surface area (Å²) in [4.78, 5) is 12.4. The summed E-state index contributed by atoms with van der Waals surface area (Å²) in [5.74, 6) is 0.495. The van der Waals surface area contributed by atoms with Crippen molar-refractivity contribution in [1.82, 2.24) is 5.32 Å². The van der Waals surface area contributed by atoms with Crippen molar-refractivity contribution < 1.29 is 4.79 Å². The first kappa shape index (κ1) is 15.6. The molecule has 0 heterocycles. The van der Waals surface area contributed by atoms with Gasteiger partial charge in [-0.25, -0.2) is 0 Å². The summed E-state index contributed by atoms with van der Waals surface area (Å²) in [7, 11) is 0. The van der Waals surface area contributed by atoms with Gasteiger partial charge < -0.3 is 5.32 Å². The number of carbonyl (C=O) groups excluding carboxylic acids is 1. The first-order valence-electron chi connectivity index (χ1n) is 7.73. The van der Waals surface area contributed by atoms with Crippen molar-refractivity contribution in [3.63, 3.8) is 0 Å². The first-order chi connectivity index (χ1) is 9.91. The van der Waals surface area contributed by atoms with Gasteiger partial charge in [0.25, 0.3) is 5.91 Å². The van der Waals surface area contributed by atoms with Crippen LogP contribution in [0.15, 0.2) is 24.3 Å². The maximum atomic E-state index is 12.4. The van der Waals surface area contributed by atoms with Crippen molar-refractivity contribution in [3.05, 3.63) is 35.4 Å². The first-order valence-corrected chi connectivity index (χ1v) is 7.73. The second-order valence-corrected chi connectivity index (χ2v) is 7.03. The van der Waals surface area contributed by atoms with Crippen LogP contribution in [0.25, 0.3) is 0 Å². The van der Waals surface area contributed by atoms with E-state index in [0.29, 0.717) is 17.0 Å². The molecule has 0 spiro atoms. The van der Waals surface area contributed by atoms with E-state index in [9.17, 15) is 4.79 Å². The van der Waals surface area contributed by atoms with E-state index in [1.165, 1.54) is 19.3 Å². The number of rotatable bonds is 2. The molecule has 0 bridgehead atoms. The SMILES string of the molecule is CC(C)(C)C1CCCCC1NC(=O)c1ccc(C#N)cc1. The van der Waals surface area contributed by atoms with E-state index < -0.39 is 0 Å². The van der Waals surface area contributed by atoms with Crippen LogP contribution in [0.4, 0.5) is 0 Å². The molecule has 2 unspecified atom stereocenters. The topological polar surface area (TPSA) is 52.9 Å². The van der Waals surface area contributed by atoms with Gasteiger partial charge in [0.2, 0.25) is 0 Å². The number of nitrogens with zero attached hydrogens (tertiary/aromatic N) is 1. The van der Waals surface area contributed by atoms with E-state index in [1.807, 2.05) is 0 Å². The third kappa shape index (κ3) is 3.85. The van der Waals surface area contributed by atoms with Gasteiger partial charge in [0.1, 0.15) is 0 Å². The smallest absolute Gasteiger partial charge is 0.251 e. The summed E-state index contributed by atoms with van der Waals surface area (Å²) in [5.41, 5.74) is 1.42. The number of nitriles is 1. The molecule has 1 aromatic rings. The molecule has 3 heteroatoms. The summed E-state index contributed by atoms with van der Waals surface area (Å²) < 4.78 is 0. The molecular formula is C18H24N2O. The highest BCUT2D eigenvalue weighted by Crippen LogP contribution is 2.38. The molecule has 1 saturated carbocycles. The van der Waals surface area contributed by atoms with Crippen molar-refractivity contribution in [2.24, 2.45) is 11.3 Å². The number of benzene rings is 1. The highest BCUT2D eigenvalue weighted by Gasteiger charge is 2.34. The Morgan fingerprint density at radius 2 is 1.81 bits per heavy atom. The zero-order valence-electron chi connectivity index (χ0n) is 13.1. The van der Waals surface area contributed by atoms with E-state index >= 15 is 0 Å². The summed E-state index contributed by atoms with van der Waals surface area (Å²) in [6.07, 6.45) is 4.68. The lowest BCUT2D eigenvalue weighted by Crippen LogP contribution is -2.46. The normalized spacial score (nSPS) is 22.4. The van der Waals surface area contributed by atoms with Gasteiger partial charge in [0.05, 0.1) is 11.6 Å². The highest BCUT2D eigenvalue weighted by atomic mass is 16.1. The van der Waals surface area contributed by atoms with Gasteiger partial charge in [-0.15, -0.1) is 0 Å². The van der Waals surface area contributed by atoms with Crippen LogP contribution in [-0.4, -0.2) is 11.9 Å². The third-order valence-corrected chi connectivity index (χ3v) is 4.47. The maximum Gasteiger partial charge on any atom is 0.251 e. The molecule has 1 N–H and O–H groups in total. The highest BCUT2D eigenvalue weighted by molar-refractivity contribution is 5.94. The number of hydrogen-bond acceptors (Lipinski definition) is 2. The Bertz CT molecular complexity index is 534. The van der Waals surface area contributed by atoms with E-state index in [1.54, 1.807) is 24.3 Å². The quantitative estimate of drug-likeness (QED) is 0.895. The molecule has 1 aliphatic carbocycles. The summed E-state index contributed by atoms with van der Waals surface area (Å²) in [5, 5.41) is 12.0. The van der Waals surface area contributed by atoms with Crippen LogP contribution in [0, 0.1) is 22.7 Å². The second-order valence-electron chi connectivity index (χ2n) is 7.03. The fourth-order valence-corrected chi connectivity index (χ4v) is 3.29. The molecule has 112 valence electrons. The Hall–Kier alpha value is -1.82. The van der Waals surface area contributed by atoms with Crippen molar-refractivity contribution in [3.8, 4) is 6.07 Å². The van der Waals surface area contributed by atoms with Gasteiger partial charge >= 0.3 is 0 Å². The molecular weight excluding hydrogens is 260 g/mol. The fraction of sp³-hybridized carbons (Fsp3) is 0.556. The predicted octanol–water partition coefficient (Wildman–Crippen LogP) is 3.89. The van der Waals surface area contributed by atoms with Gasteiger partial charge in [-0.05, 0) is 48.4 Å². The molecule has 1 aromatic carbocycles.